The van der Waals surface area contributed by atoms with Gasteiger partial charge in [-0.1, -0.05) is 261 Å². The van der Waals surface area contributed by atoms with Crippen LogP contribution >= 0.6 is 0 Å². The van der Waals surface area contributed by atoms with Crippen LogP contribution in [0.1, 0.15) is 265 Å². The van der Waals surface area contributed by atoms with Gasteiger partial charge in [0.2, 0.25) is 0 Å². The highest BCUT2D eigenvalue weighted by Crippen LogP contribution is 2.16. The van der Waals surface area contributed by atoms with E-state index in [2.05, 4.69) is 69.4 Å². The van der Waals surface area contributed by atoms with Gasteiger partial charge in [0, 0.05) is 12.8 Å². The van der Waals surface area contributed by atoms with Crippen LogP contribution in [0.5, 0.6) is 0 Å². The Kier molecular flexibility index (Phi) is 49.4. The fraction of sp³-hybridized carbons (Fsp3) is 0.772. The fourth-order valence-electron chi connectivity index (χ4n) is 7.58. The maximum atomic E-state index is 12.7. The predicted octanol–water partition coefficient (Wildman–Crippen LogP) is 17.6. The molecular formula is C57H100O6. The maximum Gasteiger partial charge on any atom is 0.310 e. The van der Waals surface area contributed by atoms with Crippen molar-refractivity contribution in [1.82, 2.24) is 0 Å². The van der Waals surface area contributed by atoms with E-state index in [0.717, 1.165) is 70.6 Å². The van der Waals surface area contributed by atoms with Gasteiger partial charge in [0.25, 0.3) is 0 Å². The molecular weight excluding hydrogens is 781 g/mol. The van der Waals surface area contributed by atoms with Gasteiger partial charge in [-0.2, -0.15) is 0 Å². The van der Waals surface area contributed by atoms with Gasteiger partial charge in [0.1, 0.15) is 13.2 Å². The average Bonchev–Trinajstić information content (AvgIpc) is 3.28. The summed E-state index contributed by atoms with van der Waals surface area (Å²) in [7, 11) is 0. The molecule has 0 aromatic rings. The SMILES string of the molecule is CC/C=C\C/C=C\C/C=C\C/C=C\C/C=C\CC(=O)OC(COC(=O)CCCCCCCCCCCCCCCC)COC(=O)CCCCCCCCCCCCCCCCCC. The lowest BCUT2D eigenvalue weighted by Gasteiger charge is -2.18. The number of unbranched alkanes of at least 4 members (excludes halogenated alkanes) is 28. The topological polar surface area (TPSA) is 78.9 Å². The summed E-state index contributed by atoms with van der Waals surface area (Å²) in [6, 6.07) is 0. The molecule has 364 valence electrons. The molecule has 0 rings (SSSR count). The van der Waals surface area contributed by atoms with Gasteiger partial charge in [0.05, 0.1) is 6.42 Å². The minimum atomic E-state index is -0.824. The van der Waals surface area contributed by atoms with E-state index >= 15 is 0 Å². The molecule has 0 bridgehead atoms. The van der Waals surface area contributed by atoms with E-state index in [1.54, 1.807) is 6.08 Å². The van der Waals surface area contributed by atoms with E-state index in [4.69, 9.17) is 14.2 Å². The minimum Gasteiger partial charge on any atom is -0.462 e. The first-order valence-electron chi connectivity index (χ1n) is 26.8. The Morgan fingerprint density at radius 1 is 0.333 bits per heavy atom. The summed E-state index contributed by atoms with van der Waals surface area (Å²) in [6.07, 6.45) is 63.7. The van der Waals surface area contributed by atoms with Crippen LogP contribution in [-0.2, 0) is 28.6 Å². The second-order valence-corrected chi connectivity index (χ2v) is 17.8. The lowest BCUT2D eigenvalue weighted by Crippen LogP contribution is -2.30. The molecule has 0 aliphatic heterocycles. The quantitative estimate of drug-likeness (QED) is 0.0262. The van der Waals surface area contributed by atoms with Gasteiger partial charge in [-0.3, -0.25) is 14.4 Å². The van der Waals surface area contributed by atoms with Gasteiger partial charge >= 0.3 is 17.9 Å². The van der Waals surface area contributed by atoms with Crippen molar-refractivity contribution >= 4 is 17.9 Å². The molecule has 0 amide bonds. The molecule has 1 unspecified atom stereocenters. The van der Waals surface area contributed by atoms with Crippen LogP contribution < -0.4 is 0 Å². The summed E-state index contributed by atoms with van der Waals surface area (Å²) in [4.78, 5) is 38.0. The first kappa shape index (κ1) is 60.1. The summed E-state index contributed by atoms with van der Waals surface area (Å²) in [5.41, 5.74) is 0. The molecule has 6 heteroatoms. The normalized spacial score (nSPS) is 12.5. The molecule has 0 aliphatic carbocycles. The van der Waals surface area contributed by atoms with Gasteiger partial charge in [-0.25, -0.2) is 0 Å². The van der Waals surface area contributed by atoms with Crippen molar-refractivity contribution in [3.05, 3.63) is 60.8 Å². The van der Waals surface area contributed by atoms with Crippen LogP contribution in [0, 0.1) is 0 Å². The van der Waals surface area contributed by atoms with E-state index in [1.165, 1.54) is 154 Å². The summed E-state index contributed by atoms with van der Waals surface area (Å²) in [5.74, 6) is -1.03. The van der Waals surface area contributed by atoms with Crippen LogP contribution in [-0.4, -0.2) is 37.2 Å². The minimum absolute atomic E-state index is 0.101. The van der Waals surface area contributed by atoms with Crippen molar-refractivity contribution < 1.29 is 28.6 Å². The third-order valence-electron chi connectivity index (χ3n) is 11.6. The number of hydrogen-bond acceptors (Lipinski definition) is 6. The van der Waals surface area contributed by atoms with E-state index in [0.29, 0.717) is 12.8 Å². The van der Waals surface area contributed by atoms with Gasteiger partial charge in [-0.05, 0) is 44.9 Å². The summed E-state index contributed by atoms with van der Waals surface area (Å²) < 4.78 is 16.7. The second-order valence-electron chi connectivity index (χ2n) is 17.8. The average molecular weight is 881 g/mol. The van der Waals surface area contributed by atoms with Crippen LogP contribution in [0.25, 0.3) is 0 Å². The maximum absolute atomic E-state index is 12.7. The molecule has 0 saturated carbocycles. The predicted molar refractivity (Wildman–Crippen MR) is 270 cm³/mol. The molecule has 0 radical (unpaired) electrons. The molecule has 0 aliphatic rings. The molecule has 0 aromatic heterocycles. The summed E-state index contributed by atoms with van der Waals surface area (Å²) in [5, 5.41) is 0. The zero-order valence-electron chi connectivity index (χ0n) is 41.6. The Bertz CT molecular complexity index is 1150. The second kappa shape index (κ2) is 51.7. The van der Waals surface area contributed by atoms with E-state index in [-0.39, 0.29) is 31.6 Å². The number of rotatable bonds is 48. The molecule has 0 fully saturated rings. The smallest absolute Gasteiger partial charge is 0.310 e. The standard InChI is InChI=1S/C57H100O6/c1-4-7-10-13-16-19-22-25-28-30-32-35-38-41-44-47-50-56(59)62-53-54(52-61-55(58)49-46-43-40-37-34-31-27-24-21-18-15-12-9-6-3)63-57(60)51-48-45-42-39-36-33-29-26-23-20-17-14-11-8-5-2/h8,11,17,20,26,29,36,39,45,48,54H,4-7,9-10,12-16,18-19,21-25,27-28,30-35,37-38,40-44,46-47,49-53H2,1-3H3/b11-8-,20-17-,29-26-,39-36-,48-45-. The van der Waals surface area contributed by atoms with Crippen LogP contribution in [0.2, 0.25) is 0 Å². The first-order valence-corrected chi connectivity index (χ1v) is 26.8. The molecule has 63 heavy (non-hydrogen) atoms. The third-order valence-corrected chi connectivity index (χ3v) is 11.6. The van der Waals surface area contributed by atoms with Crippen LogP contribution in [0.15, 0.2) is 60.8 Å². The highest BCUT2D eigenvalue weighted by atomic mass is 16.6. The monoisotopic (exact) mass is 881 g/mol. The van der Waals surface area contributed by atoms with Crippen molar-refractivity contribution in [3.63, 3.8) is 0 Å². The first-order chi connectivity index (χ1) is 31.0. The Hall–Kier alpha value is -2.89. The number of carbonyl (C=O) groups is 3. The lowest BCUT2D eigenvalue weighted by atomic mass is 10.0. The zero-order valence-corrected chi connectivity index (χ0v) is 41.6. The Labute approximate surface area is 390 Å². The van der Waals surface area contributed by atoms with Crippen LogP contribution in [0.4, 0.5) is 0 Å². The van der Waals surface area contributed by atoms with Gasteiger partial charge in [0.15, 0.2) is 6.10 Å². The number of hydrogen-bond donors (Lipinski definition) is 0. The third kappa shape index (κ3) is 50.0. The zero-order chi connectivity index (χ0) is 45.8. The van der Waals surface area contributed by atoms with Crippen molar-refractivity contribution in [1.29, 1.82) is 0 Å². The number of ether oxygens (including phenoxy) is 3. The van der Waals surface area contributed by atoms with E-state index < -0.39 is 12.1 Å². The molecule has 1 atom stereocenters. The van der Waals surface area contributed by atoms with Crippen molar-refractivity contribution in [3.8, 4) is 0 Å². The van der Waals surface area contributed by atoms with Crippen molar-refractivity contribution in [2.45, 2.75) is 271 Å². The molecule has 0 saturated heterocycles. The Morgan fingerprint density at radius 3 is 0.905 bits per heavy atom. The molecule has 6 nitrogen and oxygen atoms in total. The lowest BCUT2D eigenvalue weighted by molar-refractivity contribution is -0.166. The van der Waals surface area contributed by atoms with Crippen LogP contribution in [0.3, 0.4) is 0 Å². The number of esters is 3. The highest BCUT2D eigenvalue weighted by molar-refractivity contribution is 5.72. The van der Waals surface area contributed by atoms with Gasteiger partial charge < -0.3 is 14.2 Å². The Balaban J connectivity index is 4.46. The fourth-order valence-corrected chi connectivity index (χ4v) is 7.58. The van der Waals surface area contributed by atoms with Gasteiger partial charge in [-0.15, -0.1) is 0 Å². The highest BCUT2D eigenvalue weighted by Gasteiger charge is 2.19. The van der Waals surface area contributed by atoms with Crippen molar-refractivity contribution in [2.24, 2.45) is 0 Å². The van der Waals surface area contributed by atoms with E-state index in [1.807, 2.05) is 6.08 Å². The Morgan fingerprint density at radius 2 is 0.603 bits per heavy atom. The molecule has 0 heterocycles. The summed E-state index contributed by atoms with van der Waals surface area (Å²) in [6.45, 7) is 6.46. The molecule has 0 spiro atoms. The summed E-state index contributed by atoms with van der Waals surface area (Å²) >= 11 is 0. The van der Waals surface area contributed by atoms with Crippen molar-refractivity contribution in [2.75, 3.05) is 13.2 Å². The largest absolute Gasteiger partial charge is 0.462 e. The molecule has 0 aromatic carbocycles. The number of allylic oxidation sites excluding steroid dienone is 9. The molecule has 0 N–H and O–H groups in total. The number of carbonyl (C=O) groups excluding carboxylic acids is 3. The van der Waals surface area contributed by atoms with E-state index in [9.17, 15) is 14.4 Å².